The average molecular weight is 396 g/mol. The third-order valence-corrected chi connectivity index (χ3v) is 4.87. The van der Waals surface area contributed by atoms with Crippen LogP contribution in [0.1, 0.15) is 27.0 Å². The van der Waals surface area contributed by atoms with Crippen molar-refractivity contribution in [3.05, 3.63) is 95.1 Å². The van der Waals surface area contributed by atoms with Crippen LogP contribution in [0.25, 0.3) is 0 Å². The standard InChI is InChI=1S/C21H20N2O4S/c22-28(26,27)14-16-6-9-18(10-7-16)23-21(25)19-13-17(8-11-20(19)24)12-15-4-2-1-3-5-15/h1-11,13,24H,12,14H2,(H,23,25)(H2,22,26,27). The number of hydrogen-bond acceptors (Lipinski definition) is 4. The van der Waals surface area contributed by atoms with Gasteiger partial charge in [0, 0.05) is 5.69 Å². The van der Waals surface area contributed by atoms with Crippen molar-refractivity contribution >= 4 is 21.6 Å². The molecule has 0 heterocycles. The third-order valence-electron chi connectivity index (χ3n) is 4.14. The number of anilines is 1. The molecule has 0 aliphatic rings. The number of phenolic OH excluding ortho intramolecular Hbond substituents is 1. The van der Waals surface area contributed by atoms with Gasteiger partial charge < -0.3 is 10.4 Å². The highest BCUT2D eigenvalue weighted by atomic mass is 32.2. The van der Waals surface area contributed by atoms with Crippen LogP contribution in [0.4, 0.5) is 5.69 Å². The van der Waals surface area contributed by atoms with Crippen molar-refractivity contribution in [3.63, 3.8) is 0 Å². The smallest absolute Gasteiger partial charge is 0.259 e. The second-order valence-electron chi connectivity index (χ2n) is 6.47. The lowest BCUT2D eigenvalue weighted by Crippen LogP contribution is -2.15. The lowest BCUT2D eigenvalue weighted by molar-refractivity contribution is 0.102. The minimum Gasteiger partial charge on any atom is -0.507 e. The Morgan fingerprint density at radius 1 is 0.893 bits per heavy atom. The van der Waals surface area contributed by atoms with Crippen LogP contribution < -0.4 is 10.5 Å². The number of benzene rings is 3. The summed E-state index contributed by atoms with van der Waals surface area (Å²) in [6, 6.07) is 21.1. The van der Waals surface area contributed by atoms with Gasteiger partial charge in [0.15, 0.2) is 0 Å². The Hall–Kier alpha value is -3.16. The van der Waals surface area contributed by atoms with Crippen LogP contribution in [0.5, 0.6) is 5.75 Å². The van der Waals surface area contributed by atoms with E-state index in [1.807, 2.05) is 30.3 Å². The lowest BCUT2D eigenvalue weighted by Gasteiger charge is -2.10. The normalized spacial score (nSPS) is 11.2. The minimum atomic E-state index is -3.61. The van der Waals surface area contributed by atoms with Crippen molar-refractivity contribution in [2.45, 2.75) is 12.2 Å². The Kier molecular flexibility index (Phi) is 5.77. The average Bonchev–Trinajstić information content (AvgIpc) is 2.64. The van der Waals surface area contributed by atoms with Crippen LogP contribution in [0.2, 0.25) is 0 Å². The van der Waals surface area contributed by atoms with Gasteiger partial charge in [-0.1, -0.05) is 48.5 Å². The van der Waals surface area contributed by atoms with Gasteiger partial charge in [0.05, 0.1) is 11.3 Å². The summed E-state index contributed by atoms with van der Waals surface area (Å²) in [5.74, 6) is -0.837. The molecular weight excluding hydrogens is 376 g/mol. The topological polar surface area (TPSA) is 109 Å². The molecule has 0 saturated heterocycles. The molecule has 0 aliphatic heterocycles. The maximum absolute atomic E-state index is 12.6. The highest BCUT2D eigenvalue weighted by molar-refractivity contribution is 7.88. The van der Waals surface area contributed by atoms with E-state index in [2.05, 4.69) is 5.32 Å². The maximum Gasteiger partial charge on any atom is 0.259 e. The molecule has 4 N–H and O–H groups in total. The summed E-state index contributed by atoms with van der Waals surface area (Å²) in [5, 5.41) is 17.8. The molecule has 0 bridgehead atoms. The zero-order valence-electron chi connectivity index (χ0n) is 15.0. The molecule has 0 spiro atoms. The van der Waals surface area contributed by atoms with E-state index in [-0.39, 0.29) is 17.1 Å². The van der Waals surface area contributed by atoms with Crippen LogP contribution in [-0.2, 0) is 22.2 Å². The second-order valence-corrected chi connectivity index (χ2v) is 8.09. The number of hydrogen-bond donors (Lipinski definition) is 3. The summed E-state index contributed by atoms with van der Waals surface area (Å²) < 4.78 is 22.3. The second kappa shape index (κ2) is 8.24. The van der Waals surface area contributed by atoms with E-state index in [4.69, 9.17) is 5.14 Å². The number of aromatic hydroxyl groups is 1. The predicted octanol–water partition coefficient (Wildman–Crippen LogP) is 3.02. The van der Waals surface area contributed by atoms with Crippen LogP contribution >= 0.6 is 0 Å². The van der Waals surface area contributed by atoms with Gasteiger partial charge in [0.25, 0.3) is 5.91 Å². The van der Waals surface area contributed by atoms with Crippen LogP contribution in [0.15, 0.2) is 72.8 Å². The largest absolute Gasteiger partial charge is 0.507 e. The molecular formula is C21H20N2O4S. The summed E-state index contributed by atoms with van der Waals surface area (Å²) in [7, 11) is -3.61. The minimum absolute atomic E-state index is 0.111. The number of amides is 1. The van der Waals surface area contributed by atoms with Crippen LogP contribution in [-0.4, -0.2) is 19.4 Å². The first-order valence-electron chi connectivity index (χ1n) is 8.57. The van der Waals surface area contributed by atoms with E-state index in [1.54, 1.807) is 36.4 Å². The molecule has 0 unspecified atom stereocenters. The zero-order valence-corrected chi connectivity index (χ0v) is 15.8. The number of nitrogens with two attached hydrogens (primary N) is 1. The first kappa shape index (κ1) is 19.6. The van der Waals surface area contributed by atoms with Gasteiger partial charge in [-0.25, -0.2) is 13.6 Å². The van der Waals surface area contributed by atoms with Crippen molar-refractivity contribution in [1.82, 2.24) is 0 Å². The molecule has 6 nitrogen and oxygen atoms in total. The highest BCUT2D eigenvalue weighted by Crippen LogP contribution is 2.22. The van der Waals surface area contributed by atoms with Gasteiger partial charge in [-0.3, -0.25) is 4.79 Å². The molecule has 1 amide bonds. The molecule has 3 aromatic rings. The number of carbonyl (C=O) groups excluding carboxylic acids is 1. The third kappa shape index (κ3) is 5.42. The fourth-order valence-corrected chi connectivity index (χ4v) is 3.48. The fourth-order valence-electron chi connectivity index (χ4n) is 2.82. The Labute approximate surface area is 163 Å². The van der Waals surface area contributed by atoms with E-state index >= 15 is 0 Å². The predicted molar refractivity (Wildman–Crippen MR) is 109 cm³/mol. The number of sulfonamides is 1. The zero-order chi connectivity index (χ0) is 20.1. The van der Waals surface area contributed by atoms with E-state index < -0.39 is 15.9 Å². The van der Waals surface area contributed by atoms with Crippen molar-refractivity contribution < 1.29 is 18.3 Å². The molecule has 28 heavy (non-hydrogen) atoms. The number of carbonyl (C=O) groups is 1. The molecule has 7 heteroatoms. The van der Waals surface area contributed by atoms with Gasteiger partial charge in [-0.2, -0.15) is 0 Å². The first-order valence-corrected chi connectivity index (χ1v) is 10.3. The van der Waals surface area contributed by atoms with Crippen LogP contribution in [0, 0.1) is 0 Å². The van der Waals surface area contributed by atoms with Crippen molar-refractivity contribution in [2.75, 3.05) is 5.32 Å². The number of primary sulfonamides is 1. The molecule has 0 saturated carbocycles. The molecule has 0 radical (unpaired) electrons. The van der Waals surface area contributed by atoms with E-state index in [0.29, 0.717) is 17.7 Å². The first-order chi connectivity index (χ1) is 13.3. The molecule has 0 atom stereocenters. The van der Waals surface area contributed by atoms with E-state index in [9.17, 15) is 18.3 Å². The summed E-state index contributed by atoms with van der Waals surface area (Å²) in [6.45, 7) is 0. The number of nitrogens with one attached hydrogen (secondary N) is 1. The number of rotatable bonds is 6. The molecule has 3 rings (SSSR count). The van der Waals surface area contributed by atoms with E-state index in [0.717, 1.165) is 11.1 Å². The molecule has 0 aliphatic carbocycles. The Morgan fingerprint density at radius 3 is 2.18 bits per heavy atom. The van der Waals surface area contributed by atoms with Crippen molar-refractivity contribution in [3.8, 4) is 5.75 Å². The van der Waals surface area contributed by atoms with Crippen LogP contribution in [0.3, 0.4) is 0 Å². The summed E-state index contributed by atoms with van der Waals surface area (Å²) in [4.78, 5) is 12.6. The quantitative estimate of drug-likeness (QED) is 0.595. The van der Waals surface area contributed by atoms with Crippen molar-refractivity contribution in [1.29, 1.82) is 0 Å². The summed E-state index contributed by atoms with van der Waals surface area (Å²) >= 11 is 0. The Morgan fingerprint density at radius 2 is 1.54 bits per heavy atom. The van der Waals surface area contributed by atoms with Gasteiger partial charge >= 0.3 is 0 Å². The van der Waals surface area contributed by atoms with Gasteiger partial charge in [-0.05, 0) is 47.4 Å². The fraction of sp³-hybridized carbons (Fsp3) is 0.0952. The van der Waals surface area contributed by atoms with Gasteiger partial charge in [0.1, 0.15) is 5.75 Å². The Balaban J connectivity index is 1.74. The maximum atomic E-state index is 12.6. The van der Waals surface area contributed by atoms with Crippen molar-refractivity contribution in [2.24, 2.45) is 5.14 Å². The molecule has 3 aromatic carbocycles. The van der Waals surface area contributed by atoms with Gasteiger partial charge in [-0.15, -0.1) is 0 Å². The molecule has 0 fully saturated rings. The van der Waals surface area contributed by atoms with Gasteiger partial charge in [0.2, 0.25) is 10.0 Å². The monoisotopic (exact) mass is 396 g/mol. The molecule has 0 aromatic heterocycles. The SMILES string of the molecule is NS(=O)(=O)Cc1ccc(NC(=O)c2cc(Cc3ccccc3)ccc2O)cc1. The van der Waals surface area contributed by atoms with E-state index in [1.165, 1.54) is 6.07 Å². The highest BCUT2D eigenvalue weighted by Gasteiger charge is 2.13. The summed E-state index contributed by atoms with van der Waals surface area (Å²) in [6.07, 6.45) is 0.643. The lowest BCUT2D eigenvalue weighted by atomic mass is 10.0. The Bertz CT molecular complexity index is 1080. The molecule has 144 valence electrons. The summed E-state index contributed by atoms with van der Waals surface area (Å²) in [5.41, 5.74) is 3.17. The number of phenols is 1.